The van der Waals surface area contributed by atoms with E-state index in [1.165, 1.54) is 0 Å². The van der Waals surface area contributed by atoms with E-state index in [9.17, 15) is 4.79 Å². The van der Waals surface area contributed by atoms with Crippen molar-refractivity contribution in [3.8, 4) is 0 Å². The summed E-state index contributed by atoms with van der Waals surface area (Å²) in [5.74, 6) is -0.412. The average Bonchev–Trinajstić information content (AvgIpc) is 2.25. The second-order valence-corrected chi connectivity index (χ2v) is 3.50. The van der Waals surface area contributed by atoms with Crippen molar-refractivity contribution in [3.63, 3.8) is 0 Å². The van der Waals surface area contributed by atoms with Gasteiger partial charge in [0.25, 0.3) is 0 Å². The van der Waals surface area contributed by atoms with Crippen molar-refractivity contribution >= 4 is 23.1 Å². The minimum Gasteiger partial charge on any atom is -0.462 e. The maximum atomic E-state index is 11.5. The summed E-state index contributed by atoms with van der Waals surface area (Å²) in [7, 11) is 0. The molecule has 0 aliphatic rings. The lowest BCUT2D eigenvalue weighted by atomic mass is 10.1. The Balaban J connectivity index is 2.77. The van der Waals surface area contributed by atoms with Crippen LogP contribution in [-0.2, 0) is 9.53 Å². The molecule has 0 aliphatic heterocycles. The van der Waals surface area contributed by atoms with Crippen LogP contribution in [0.3, 0.4) is 0 Å². The van der Waals surface area contributed by atoms with Gasteiger partial charge in [-0.3, -0.25) is 0 Å². The molecule has 0 aliphatic carbocycles. The lowest BCUT2D eigenvalue weighted by Crippen LogP contribution is -2.07. The van der Waals surface area contributed by atoms with Crippen LogP contribution in [0.5, 0.6) is 0 Å². The Hall–Kier alpha value is -1.28. The van der Waals surface area contributed by atoms with Crippen molar-refractivity contribution in [2.45, 2.75) is 13.3 Å². The molecule has 0 radical (unpaired) electrons. The molecular weight excluding hydrogens is 212 g/mol. The molecule has 1 aromatic carbocycles. The molecule has 3 heteroatoms. The fourth-order valence-electron chi connectivity index (χ4n) is 1.10. The van der Waals surface area contributed by atoms with Gasteiger partial charge in [-0.1, -0.05) is 43.3 Å². The molecule has 0 spiro atoms. The van der Waals surface area contributed by atoms with E-state index in [4.69, 9.17) is 16.3 Å². The minimum absolute atomic E-state index is 0.300. The molecule has 0 atom stereocenters. The van der Waals surface area contributed by atoms with Crippen LogP contribution in [0.4, 0.5) is 0 Å². The lowest BCUT2D eigenvalue weighted by molar-refractivity contribution is -0.136. The zero-order valence-corrected chi connectivity index (χ0v) is 9.38. The number of ether oxygens (including phenoxy) is 1. The van der Waals surface area contributed by atoms with E-state index in [1.54, 1.807) is 24.3 Å². The maximum absolute atomic E-state index is 11.5. The topological polar surface area (TPSA) is 26.3 Å². The number of halogens is 1. The van der Waals surface area contributed by atoms with Gasteiger partial charge in [0.2, 0.25) is 0 Å². The van der Waals surface area contributed by atoms with Crippen LogP contribution in [0, 0.1) is 0 Å². The quantitative estimate of drug-likeness (QED) is 0.580. The van der Waals surface area contributed by atoms with Gasteiger partial charge < -0.3 is 4.74 Å². The Bertz CT molecular complexity index is 372. The molecular formula is C12H13ClO2. The van der Waals surface area contributed by atoms with E-state index in [-0.39, 0.29) is 0 Å². The Morgan fingerprint density at radius 1 is 1.47 bits per heavy atom. The van der Waals surface area contributed by atoms with Crippen LogP contribution in [0.2, 0.25) is 5.02 Å². The highest BCUT2D eigenvalue weighted by Gasteiger charge is 2.12. The fraction of sp³-hybridized carbons (Fsp3) is 0.250. The summed E-state index contributed by atoms with van der Waals surface area (Å²) in [4.78, 5) is 11.5. The molecule has 0 N–H and O–H groups in total. The van der Waals surface area contributed by atoms with Gasteiger partial charge in [-0.05, 0) is 12.5 Å². The van der Waals surface area contributed by atoms with Crippen LogP contribution in [0.15, 0.2) is 30.8 Å². The molecule has 0 aromatic heterocycles. The summed E-state index contributed by atoms with van der Waals surface area (Å²) in [6.07, 6.45) is 0.793. The first-order chi connectivity index (χ1) is 7.16. The minimum atomic E-state index is -0.412. The third-order valence-corrected chi connectivity index (χ3v) is 2.21. The summed E-state index contributed by atoms with van der Waals surface area (Å²) < 4.78 is 4.97. The van der Waals surface area contributed by atoms with Crippen molar-refractivity contribution < 1.29 is 9.53 Å². The largest absolute Gasteiger partial charge is 0.462 e. The molecule has 0 fully saturated rings. The van der Waals surface area contributed by atoms with Crippen molar-refractivity contribution in [1.29, 1.82) is 0 Å². The second kappa shape index (κ2) is 5.56. The molecule has 0 unspecified atom stereocenters. The van der Waals surface area contributed by atoms with E-state index in [0.29, 0.717) is 22.8 Å². The Morgan fingerprint density at radius 3 is 2.73 bits per heavy atom. The highest BCUT2D eigenvalue weighted by atomic mass is 35.5. The zero-order chi connectivity index (χ0) is 11.3. The van der Waals surface area contributed by atoms with E-state index in [0.717, 1.165) is 6.42 Å². The summed E-state index contributed by atoms with van der Waals surface area (Å²) in [6, 6.07) is 7.07. The number of esters is 1. The third-order valence-electron chi connectivity index (χ3n) is 1.88. The number of benzene rings is 1. The molecule has 0 saturated heterocycles. The smallest absolute Gasteiger partial charge is 0.338 e. The van der Waals surface area contributed by atoms with Crippen LogP contribution in [0.25, 0.3) is 5.57 Å². The first-order valence-corrected chi connectivity index (χ1v) is 5.15. The highest BCUT2D eigenvalue weighted by Crippen LogP contribution is 2.23. The number of carbonyl (C=O) groups excluding carboxylic acids is 1. The Kier molecular flexibility index (Phi) is 4.37. The van der Waals surface area contributed by atoms with Gasteiger partial charge in [-0.2, -0.15) is 0 Å². The van der Waals surface area contributed by atoms with Gasteiger partial charge in [0.1, 0.15) is 0 Å². The monoisotopic (exact) mass is 224 g/mol. The molecule has 0 amide bonds. The lowest BCUT2D eigenvalue weighted by Gasteiger charge is -2.07. The molecule has 0 saturated carbocycles. The molecule has 2 nitrogen and oxygen atoms in total. The van der Waals surface area contributed by atoms with E-state index < -0.39 is 5.97 Å². The van der Waals surface area contributed by atoms with Gasteiger partial charge >= 0.3 is 5.97 Å². The number of rotatable bonds is 4. The normalized spacial score (nSPS) is 9.73. The molecule has 0 heterocycles. The standard InChI is InChI=1S/C12H13ClO2/c1-3-8-15-12(14)9(2)10-6-4-5-7-11(10)13/h4-7H,2-3,8H2,1H3. The van der Waals surface area contributed by atoms with Crippen LogP contribution in [0.1, 0.15) is 18.9 Å². The van der Waals surface area contributed by atoms with Crippen LogP contribution >= 0.6 is 11.6 Å². The molecule has 80 valence electrons. The van der Waals surface area contributed by atoms with Crippen molar-refractivity contribution in [2.75, 3.05) is 6.61 Å². The van der Waals surface area contributed by atoms with Gasteiger partial charge in [0, 0.05) is 10.6 Å². The summed E-state index contributed by atoms with van der Waals surface area (Å²) in [5, 5.41) is 0.510. The first-order valence-electron chi connectivity index (χ1n) is 4.77. The SMILES string of the molecule is C=C(C(=O)OCCC)c1ccccc1Cl. The summed E-state index contributed by atoms with van der Waals surface area (Å²) in [5.41, 5.74) is 0.925. The summed E-state index contributed by atoms with van der Waals surface area (Å²) in [6.45, 7) is 6.02. The Morgan fingerprint density at radius 2 is 2.13 bits per heavy atom. The predicted molar refractivity (Wildman–Crippen MR) is 61.7 cm³/mol. The fourth-order valence-corrected chi connectivity index (χ4v) is 1.35. The Labute approximate surface area is 94.5 Å². The van der Waals surface area contributed by atoms with Crippen molar-refractivity contribution in [1.82, 2.24) is 0 Å². The molecule has 15 heavy (non-hydrogen) atoms. The van der Waals surface area contributed by atoms with Crippen LogP contribution in [-0.4, -0.2) is 12.6 Å². The van der Waals surface area contributed by atoms with Gasteiger partial charge in [0.05, 0.1) is 12.2 Å². The first kappa shape index (κ1) is 11.8. The number of hydrogen-bond acceptors (Lipinski definition) is 2. The van der Waals surface area contributed by atoms with E-state index in [1.807, 2.05) is 6.92 Å². The van der Waals surface area contributed by atoms with E-state index in [2.05, 4.69) is 6.58 Å². The van der Waals surface area contributed by atoms with Gasteiger partial charge in [-0.25, -0.2) is 4.79 Å². The van der Waals surface area contributed by atoms with Crippen molar-refractivity contribution in [2.24, 2.45) is 0 Å². The average molecular weight is 225 g/mol. The number of carbonyl (C=O) groups is 1. The predicted octanol–water partition coefficient (Wildman–Crippen LogP) is 3.31. The zero-order valence-electron chi connectivity index (χ0n) is 8.63. The summed E-state index contributed by atoms with van der Waals surface area (Å²) >= 11 is 5.93. The van der Waals surface area contributed by atoms with Crippen LogP contribution < -0.4 is 0 Å². The highest BCUT2D eigenvalue weighted by molar-refractivity contribution is 6.34. The third kappa shape index (κ3) is 3.10. The maximum Gasteiger partial charge on any atom is 0.338 e. The second-order valence-electron chi connectivity index (χ2n) is 3.09. The van der Waals surface area contributed by atoms with Gasteiger partial charge in [0.15, 0.2) is 0 Å². The number of hydrogen-bond donors (Lipinski definition) is 0. The molecule has 0 bridgehead atoms. The van der Waals surface area contributed by atoms with Gasteiger partial charge in [-0.15, -0.1) is 0 Å². The molecule has 1 rings (SSSR count). The van der Waals surface area contributed by atoms with E-state index >= 15 is 0 Å². The molecule has 1 aromatic rings. The van der Waals surface area contributed by atoms with Crippen molar-refractivity contribution in [3.05, 3.63) is 41.4 Å².